The number of carbonyl (C=O) groups excluding carboxylic acids is 2. The molecule has 0 aromatic heterocycles. The largest absolute Gasteiger partial charge is 0.423 e. The second-order valence-corrected chi connectivity index (χ2v) is 5.45. The highest BCUT2D eigenvalue weighted by atomic mass is 16.5. The number of aryl methyl sites for hydroxylation is 1. The van der Waals surface area contributed by atoms with Gasteiger partial charge in [0, 0.05) is 11.1 Å². The zero-order valence-electron chi connectivity index (χ0n) is 13.2. The fraction of sp³-hybridized carbons (Fsp3) is 0.0476. The van der Waals surface area contributed by atoms with E-state index >= 15 is 0 Å². The normalized spacial score (nSPS) is 10.2. The molecule has 0 amide bonds. The molecule has 3 nitrogen and oxygen atoms in total. The Morgan fingerprint density at radius 2 is 1.42 bits per heavy atom. The molecule has 3 heteroatoms. The molecule has 0 fully saturated rings. The van der Waals surface area contributed by atoms with E-state index in [-0.39, 0.29) is 11.3 Å². The van der Waals surface area contributed by atoms with Crippen LogP contribution in [0.25, 0.3) is 0 Å². The van der Waals surface area contributed by atoms with Crippen molar-refractivity contribution in [2.75, 3.05) is 0 Å². The van der Waals surface area contributed by atoms with Crippen LogP contribution in [0.15, 0.2) is 78.9 Å². The average Bonchev–Trinajstić information content (AvgIpc) is 2.62. The molecule has 0 unspecified atom stereocenters. The summed E-state index contributed by atoms with van der Waals surface area (Å²) >= 11 is 0. The van der Waals surface area contributed by atoms with Gasteiger partial charge in [-0.05, 0) is 30.7 Å². The monoisotopic (exact) mass is 316 g/mol. The minimum absolute atomic E-state index is 0.201. The van der Waals surface area contributed by atoms with E-state index in [0.29, 0.717) is 16.9 Å². The Morgan fingerprint density at radius 3 is 2.12 bits per heavy atom. The minimum Gasteiger partial charge on any atom is -0.423 e. The molecular weight excluding hydrogens is 300 g/mol. The maximum absolute atomic E-state index is 12.7. The highest BCUT2D eigenvalue weighted by molar-refractivity contribution is 6.14. The van der Waals surface area contributed by atoms with Gasteiger partial charge in [0.15, 0.2) is 5.78 Å². The van der Waals surface area contributed by atoms with Gasteiger partial charge in [-0.3, -0.25) is 4.79 Å². The van der Waals surface area contributed by atoms with E-state index in [1.807, 2.05) is 25.1 Å². The van der Waals surface area contributed by atoms with Crippen LogP contribution in [0.4, 0.5) is 0 Å². The fourth-order valence-corrected chi connectivity index (χ4v) is 2.44. The topological polar surface area (TPSA) is 43.4 Å². The maximum atomic E-state index is 12.7. The zero-order valence-corrected chi connectivity index (χ0v) is 13.2. The Hall–Kier alpha value is -3.20. The molecule has 0 aliphatic carbocycles. The smallest absolute Gasteiger partial charge is 0.344 e. The van der Waals surface area contributed by atoms with Crippen LogP contribution >= 0.6 is 0 Å². The van der Waals surface area contributed by atoms with Gasteiger partial charge in [-0.2, -0.15) is 0 Å². The number of ether oxygens (including phenoxy) is 1. The molecule has 3 rings (SSSR count). The zero-order chi connectivity index (χ0) is 16.9. The van der Waals surface area contributed by atoms with Crippen LogP contribution in [-0.4, -0.2) is 11.8 Å². The lowest BCUT2D eigenvalue weighted by molar-refractivity contribution is 0.0730. The van der Waals surface area contributed by atoms with Crippen molar-refractivity contribution in [3.05, 3.63) is 101 Å². The van der Waals surface area contributed by atoms with E-state index in [4.69, 9.17) is 4.74 Å². The van der Waals surface area contributed by atoms with Crippen LogP contribution in [0.1, 0.15) is 31.8 Å². The number of esters is 1. The number of benzene rings is 3. The third-order valence-corrected chi connectivity index (χ3v) is 3.63. The van der Waals surface area contributed by atoms with Crippen LogP contribution in [0, 0.1) is 6.92 Å². The molecule has 0 aliphatic rings. The molecule has 0 aliphatic heterocycles. The third kappa shape index (κ3) is 3.41. The molecule has 0 saturated heterocycles. The van der Waals surface area contributed by atoms with Crippen molar-refractivity contribution < 1.29 is 14.3 Å². The van der Waals surface area contributed by atoms with Crippen molar-refractivity contribution in [1.29, 1.82) is 0 Å². The summed E-state index contributed by atoms with van der Waals surface area (Å²) in [5.74, 6) is -0.283. The summed E-state index contributed by atoms with van der Waals surface area (Å²) in [6, 6.07) is 22.8. The Bertz CT molecular complexity index is 882. The third-order valence-electron chi connectivity index (χ3n) is 3.63. The van der Waals surface area contributed by atoms with Crippen molar-refractivity contribution in [3.63, 3.8) is 0 Å². The molecule has 0 atom stereocenters. The van der Waals surface area contributed by atoms with Crippen molar-refractivity contribution in [3.8, 4) is 5.75 Å². The number of hydrogen-bond acceptors (Lipinski definition) is 3. The highest BCUT2D eigenvalue weighted by Crippen LogP contribution is 2.19. The van der Waals surface area contributed by atoms with Crippen LogP contribution in [-0.2, 0) is 0 Å². The van der Waals surface area contributed by atoms with E-state index in [2.05, 4.69) is 0 Å². The van der Waals surface area contributed by atoms with Crippen molar-refractivity contribution in [2.45, 2.75) is 6.92 Å². The standard InChI is InChI=1S/C21H16O3/c1-15-8-7-11-17(14-15)24-21(23)19-13-6-5-12-18(19)20(22)16-9-3-2-4-10-16/h2-14H,1H3. The highest BCUT2D eigenvalue weighted by Gasteiger charge is 2.19. The lowest BCUT2D eigenvalue weighted by Crippen LogP contribution is -2.14. The van der Waals surface area contributed by atoms with Gasteiger partial charge in [0.25, 0.3) is 0 Å². The first-order valence-electron chi connectivity index (χ1n) is 7.63. The average molecular weight is 316 g/mol. The van der Waals surface area contributed by atoms with E-state index in [1.165, 1.54) is 0 Å². The number of ketones is 1. The second-order valence-electron chi connectivity index (χ2n) is 5.45. The number of hydrogen-bond donors (Lipinski definition) is 0. The van der Waals surface area contributed by atoms with E-state index in [1.54, 1.807) is 60.7 Å². The Labute approximate surface area is 140 Å². The molecule has 0 bridgehead atoms. The SMILES string of the molecule is Cc1cccc(OC(=O)c2ccccc2C(=O)c2ccccc2)c1. The second kappa shape index (κ2) is 6.92. The van der Waals surface area contributed by atoms with Crippen LogP contribution in [0.5, 0.6) is 5.75 Å². The Morgan fingerprint density at radius 1 is 0.750 bits per heavy atom. The van der Waals surface area contributed by atoms with E-state index < -0.39 is 5.97 Å². The Kier molecular flexibility index (Phi) is 4.52. The molecule has 24 heavy (non-hydrogen) atoms. The van der Waals surface area contributed by atoms with Gasteiger partial charge < -0.3 is 4.74 Å². The summed E-state index contributed by atoms with van der Waals surface area (Å²) in [5, 5.41) is 0. The van der Waals surface area contributed by atoms with Crippen molar-refractivity contribution in [2.24, 2.45) is 0 Å². The lowest BCUT2D eigenvalue weighted by atomic mass is 9.98. The number of carbonyl (C=O) groups is 2. The van der Waals surface area contributed by atoms with Crippen molar-refractivity contribution in [1.82, 2.24) is 0 Å². The first-order chi connectivity index (χ1) is 11.6. The Balaban J connectivity index is 1.91. The molecule has 0 spiro atoms. The van der Waals surface area contributed by atoms with Gasteiger partial charge in [-0.25, -0.2) is 4.79 Å². The summed E-state index contributed by atoms with van der Waals surface area (Å²) in [7, 11) is 0. The molecule has 0 radical (unpaired) electrons. The first-order valence-corrected chi connectivity index (χ1v) is 7.63. The molecule has 0 heterocycles. The summed E-state index contributed by atoms with van der Waals surface area (Å²) in [5.41, 5.74) is 2.12. The predicted octanol–water partition coefficient (Wildman–Crippen LogP) is 4.45. The maximum Gasteiger partial charge on any atom is 0.344 e. The summed E-state index contributed by atoms with van der Waals surface area (Å²) < 4.78 is 5.42. The van der Waals surface area contributed by atoms with Gasteiger partial charge in [0.1, 0.15) is 5.75 Å². The van der Waals surface area contributed by atoms with E-state index in [0.717, 1.165) is 5.56 Å². The van der Waals surface area contributed by atoms with Gasteiger partial charge in [0.05, 0.1) is 5.56 Å². The molecular formula is C21H16O3. The molecule has 0 saturated carbocycles. The van der Waals surface area contributed by atoms with Crippen molar-refractivity contribution >= 4 is 11.8 Å². The summed E-state index contributed by atoms with van der Waals surface area (Å²) in [4.78, 5) is 25.2. The minimum atomic E-state index is -0.541. The molecule has 3 aromatic carbocycles. The van der Waals surface area contributed by atoms with Crippen LogP contribution in [0.3, 0.4) is 0 Å². The van der Waals surface area contributed by atoms with Gasteiger partial charge in [0.2, 0.25) is 0 Å². The van der Waals surface area contributed by atoms with Crippen LogP contribution < -0.4 is 4.74 Å². The number of rotatable bonds is 4. The quantitative estimate of drug-likeness (QED) is 0.406. The molecule has 118 valence electrons. The predicted molar refractivity (Wildman–Crippen MR) is 92.5 cm³/mol. The fourth-order valence-electron chi connectivity index (χ4n) is 2.44. The van der Waals surface area contributed by atoms with Crippen LogP contribution in [0.2, 0.25) is 0 Å². The van der Waals surface area contributed by atoms with E-state index in [9.17, 15) is 9.59 Å². The van der Waals surface area contributed by atoms with Gasteiger partial charge >= 0.3 is 5.97 Å². The van der Waals surface area contributed by atoms with Gasteiger partial charge in [-0.15, -0.1) is 0 Å². The lowest BCUT2D eigenvalue weighted by Gasteiger charge is -2.09. The first kappa shape index (κ1) is 15.7. The molecule has 3 aromatic rings. The summed E-state index contributed by atoms with van der Waals surface area (Å²) in [6.45, 7) is 1.92. The summed E-state index contributed by atoms with van der Waals surface area (Å²) in [6.07, 6.45) is 0. The van der Waals surface area contributed by atoms with Gasteiger partial charge in [-0.1, -0.05) is 60.7 Å². The molecule has 0 N–H and O–H groups in total.